The third kappa shape index (κ3) is 3.47. The van der Waals surface area contributed by atoms with Gasteiger partial charge in [0.2, 0.25) is 5.78 Å². The fourth-order valence-corrected chi connectivity index (χ4v) is 1.54. The largest absolute Gasteiger partial charge is 0.460 e. The van der Waals surface area contributed by atoms with Crippen LogP contribution in [0.15, 0.2) is 12.1 Å². The predicted molar refractivity (Wildman–Crippen MR) is 63.4 cm³/mol. The van der Waals surface area contributed by atoms with Crippen LogP contribution in [0.25, 0.3) is 0 Å². The second-order valence-electron chi connectivity index (χ2n) is 3.44. The summed E-state index contributed by atoms with van der Waals surface area (Å²) in [5.74, 6) is -3.34. The van der Waals surface area contributed by atoms with E-state index in [1.54, 1.807) is 0 Å². The summed E-state index contributed by atoms with van der Waals surface area (Å²) in [5, 5.41) is 10.4. The lowest BCUT2D eigenvalue weighted by Crippen LogP contribution is -2.20. The average molecular weight is 290 g/mol. The van der Waals surface area contributed by atoms with Gasteiger partial charge in [-0.2, -0.15) is 0 Å². The normalized spacial score (nSPS) is 10.1. The van der Waals surface area contributed by atoms with Crippen LogP contribution >= 0.6 is 11.6 Å². The van der Waals surface area contributed by atoms with E-state index in [0.29, 0.717) is 0 Å². The molecule has 6 nitrogen and oxygen atoms in total. The Balaban J connectivity index is 3.12. The van der Waals surface area contributed by atoms with Crippen LogP contribution in [0.5, 0.6) is 0 Å². The SMILES string of the molecule is CCOC(=O)C(=O)Cc1c([N+](=O)[O-])ccc(Cl)c1F. The molecule has 0 aromatic heterocycles. The third-order valence-corrected chi connectivity index (χ3v) is 2.50. The number of hydrogen-bond donors (Lipinski definition) is 0. The first-order valence-electron chi connectivity index (χ1n) is 5.19. The van der Waals surface area contributed by atoms with Gasteiger partial charge >= 0.3 is 5.97 Å². The molecule has 8 heteroatoms. The number of nitrogens with zero attached hydrogens (tertiary/aromatic N) is 1. The molecular weight excluding hydrogens is 281 g/mol. The maximum absolute atomic E-state index is 13.7. The number of halogens is 2. The molecule has 0 aliphatic carbocycles. The molecule has 0 unspecified atom stereocenters. The summed E-state index contributed by atoms with van der Waals surface area (Å²) in [6, 6.07) is 1.98. The number of hydrogen-bond acceptors (Lipinski definition) is 5. The number of rotatable bonds is 5. The maximum atomic E-state index is 13.7. The number of Topliss-reactive ketones (excluding diaryl/α,β-unsaturated/α-hetero) is 1. The van der Waals surface area contributed by atoms with Crippen LogP contribution in [0.3, 0.4) is 0 Å². The van der Waals surface area contributed by atoms with Crippen molar-refractivity contribution in [2.75, 3.05) is 6.61 Å². The van der Waals surface area contributed by atoms with E-state index in [0.717, 1.165) is 12.1 Å². The van der Waals surface area contributed by atoms with Gasteiger partial charge < -0.3 is 4.74 Å². The molecule has 0 atom stereocenters. The summed E-state index contributed by atoms with van der Waals surface area (Å²) in [6.45, 7) is 1.47. The highest BCUT2D eigenvalue weighted by molar-refractivity contribution is 6.34. The molecule has 1 aromatic rings. The number of carbonyl (C=O) groups is 2. The summed E-state index contributed by atoms with van der Waals surface area (Å²) in [7, 11) is 0. The molecule has 0 bridgehead atoms. The first-order chi connectivity index (χ1) is 8.88. The van der Waals surface area contributed by atoms with Gasteiger partial charge in [-0.1, -0.05) is 11.6 Å². The van der Waals surface area contributed by atoms with Crippen molar-refractivity contribution >= 4 is 29.0 Å². The monoisotopic (exact) mass is 289 g/mol. The molecule has 0 amide bonds. The summed E-state index contributed by atoms with van der Waals surface area (Å²) in [6.07, 6.45) is -0.776. The highest BCUT2D eigenvalue weighted by Crippen LogP contribution is 2.27. The van der Waals surface area contributed by atoms with Gasteiger partial charge in [0, 0.05) is 6.07 Å². The minimum absolute atomic E-state index is 0.0231. The van der Waals surface area contributed by atoms with E-state index in [-0.39, 0.29) is 11.6 Å². The Morgan fingerprint density at radius 2 is 2.11 bits per heavy atom. The number of esters is 1. The Hall–Kier alpha value is -2.02. The zero-order chi connectivity index (χ0) is 14.6. The molecule has 0 radical (unpaired) electrons. The van der Waals surface area contributed by atoms with Gasteiger partial charge in [0.1, 0.15) is 0 Å². The average Bonchev–Trinajstić information content (AvgIpc) is 2.34. The summed E-state index contributed by atoms with van der Waals surface area (Å²) < 4.78 is 18.1. The molecule has 1 aromatic carbocycles. The van der Waals surface area contributed by atoms with Crippen molar-refractivity contribution in [2.45, 2.75) is 13.3 Å². The van der Waals surface area contributed by atoms with Crippen LogP contribution in [-0.4, -0.2) is 23.3 Å². The molecule has 0 fully saturated rings. The Kier molecular flexibility index (Phi) is 4.94. The Morgan fingerprint density at radius 1 is 1.47 bits per heavy atom. The van der Waals surface area contributed by atoms with Crippen molar-refractivity contribution in [1.29, 1.82) is 0 Å². The number of nitro benzene ring substituents is 1. The Labute approximate surface area is 112 Å². The van der Waals surface area contributed by atoms with Crippen LogP contribution in [0, 0.1) is 15.9 Å². The second-order valence-corrected chi connectivity index (χ2v) is 3.84. The fourth-order valence-electron chi connectivity index (χ4n) is 1.37. The van der Waals surface area contributed by atoms with Crippen LogP contribution in [0.1, 0.15) is 12.5 Å². The van der Waals surface area contributed by atoms with Crippen molar-refractivity contribution in [1.82, 2.24) is 0 Å². The summed E-state index contributed by atoms with van der Waals surface area (Å²) >= 11 is 5.49. The summed E-state index contributed by atoms with van der Waals surface area (Å²) in [5.41, 5.74) is -1.14. The highest BCUT2D eigenvalue weighted by Gasteiger charge is 2.26. The van der Waals surface area contributed by atoms with Crippen molar-refractivity contribution in [3.05, 3.63) is 38.7 Å². The lowest BCUT2D eigenvalue weighted by Gasteiger charge is -2.05. The zero-order valence-electron chi connectivity index (χ0n) is 9.81. The molecule has 0 saturated heterocycles. The molecule has 0 saturated carbocycles. The van der Waals surface area contributed by atoms with Crippen LogP contribution in [0.2, 0.25) is 5.02 Å². The van der Waals surface area contributed by atoms with Crippen molar-refractivity contribution < 1.29 is 23.6 Å². The molecule has 0 heterocycles. The number of ether oxygens (including phenoxy) is 1. The number of ketones is 1. The van der Waals surface area contributed by atoms with E-state index in [1.807, 2.05) is 0 Å². The number of nitro groups is 1. The molecule has 19 heavy (non-hydrogen) atoms. The van der Waals surface area contributed by atoms with E-state index < -0.39 is 40.2 Å². The standard InChI is InChI=1S/C11H9ClFNO5/c1-2-19-11(16)9(15)5-6-8(14(17)18)4-3-7(12)10(6)13/h3-4H,2,5H2,1H3. The molecule has 0 aliphatic rings. The van der Waals surface area contributed by atoms with Crippen molar-refractivity contribution in [3.8, 4) is 0 Å². The van der Waals surface area contributed by atoms with E-state index in [9.17, 15) is 24.1 Å². The van der Waals surface area contributed by atoms with E-state index in [1.165, 1.54) is 6.92 Å². The van der Waals surface area contributed by atoms with Crippen molar-refractivity contribution in [3.63, 3.8) is 0 Å². The number of carbonyl (C=O) groups excluding carboxylic acids is 2. The van der Waals surface area contributed by atoms with Gasteiger partial charge in [-0.15, -0.1) is 0 Å². The van der Waals surface area contributed by atoms with Gasteiger partial charge in [-0.3, -0.25) is 14.9 Å². The van der Waals surface area contributed by atoms with Gasteiger partial charge in [-0.05, 0) is 13.0 Å². The van der Waals surface area contributed by atoms with Gasteiger partial charge in [0.15, 0.2) is 5.82 Å². The van der Waals surface area contributed by atoms with E-state index in [2.05, 4.69) is 4.74 Å². The number of benzene rings is 1. The highest BCUT2D eigenvalue weighted by atomic mass is 35.5. The molecule has 0 aliphatic heterocycles. The molecule has 102 valence electrons. The van der Waals surface area contributed by atoms with Gasteiger partial charge in [-0.25, -0.2) is 9.18 Å². The Morgan fingerprint density at radius 3 is 2.63 bits per heavy atom. The predicted octanol–water partition coefficient (Wildman–Crippen LogP) is 2.06. The third-order valence-electron chi connectivity index (χ3n) is 2.21. The molecule has 0 N–H and O–H groups in total. The molecule has 1 rings (SSSR count). The first-order valence-corrected chi connectivity index (χ1v) is 5.57. The van der Waals surface area contributed by atoms with Crippen LogP contribution < -0.4 is 0 Å². The fraction of sp³-hybridized carbons (Fsp3) is 0.273. The van der Waals surface area contributed by atoms with Gasteiger partial charge in [0.05, 0.1) is 28.5 Å². The minimum Gasteiger partial charge on any atom is -0.460 e. The van der Waals surface area contributed by atoms with Crippen LogP contribution in [-0.2, 0) is 20.7 Å². The smallest absolute Gasteiger partial charge is 0.374 e. The van der Waals surface area contributed by atoms with Crippen LogP contribution in [0.4, 0.5) is 10.1 Å². The first kappa shape index (κ1) is 15.0. The van der Waals surface area contributed by atoms with Crippen molar-refractivity contribution in [2.24, 2.45) is 0 Å². The lowest BCUT2D eigenvalue weighted by molar-refractivity contribution is -0.385. The second kappa shape index (κ2) is 6.24. The maximum Gasteiger partial charge on any atom is 0.374 e. The quantitative estimate of drug-likeness (QED) is 0.358. The lowest BCUT2D eigenvalue weighted by atomic mass is 10.1. The minimum atomic E-state index is -1.17. The topological polar surface area (TPSA) is 86.5 Å². The summed E-state index contributed by atoms with van der Waals surface area (Å²) in [4.78, 5) is 32.4. The Bertz CT molecular complexity index is 546. The zero-order valence-corrected chi connectivity index (χ0v) is 10.6. The van der Waals surface area contributed by atoms with E-state index in [4.69, 9.17) is 11.6 Å². The van der Waals surface area contributed by atoms with Gasteiger partial charge in [0.25, 0.3) is 5.69 Å². The molecular formula is C11H9ClFNO5. The van der Waals surface area contributed by atoms with E-state index >= 15 is 0 Å². The molecule has 0 spiro atoms.